The summed E-state index contributed by atoms with van der Waals surface area (Å²) in [5.41, 5.74) is -0.122. The van der Waals surface area contributed by atoms with E-state index in [0.717, 1.165) is 28.5 Å². The number of rotatable bonds is 5. The molecule has 31 heavy (non-hydrogen) atoms. The zero-order chi connectivity index (χ0) is 22.0. The summed E-state index contributed by atoms with van der Waals surface area (Å²) < 4.78 is 42.2. The van der Waals surface area contributed by atoms with E-state index in [9.17, 15) is 22.8 Å². The van der Waals surface area contributed by atoms with Crippen LogP contribution < -0.4 is 10.9 Å². The van der Waals surface area contributed by atoms with Crippen LogP contribution >= 0.6 is 11.8 Å². The predicted molar refractivity (Wildman–Crippen MR) is 113 cm³/mol. The summed E-state index contributed by atoms with van der Waals surface area (Å²) in [7, 11) is 0. The number of hydrogen-bond donors (Lipinski definition) is 1. The number of nitrogens with zero attached hydrogens (tertiary/aromatic N) is 2. The minimum absolute atomic E-state index is 0.000799. The Morgan fingerprint density at radius 3 is 2.39 bits per heavy atom. The Labute approximate surface area is 178 Å². The van der Waals surface area contributed by atoms with Crippen LogP contribution in [-0.2, 0) is 4.79 Å². The molecule has 0 aliphatic heterocycles. The summed E-state index contributed by atoms with van der Waals surface area (Å²) in [6.45, 7) is 0. The maximum atomic E-state index is 14.5. The maximum absolute atomic E-state index is 14.5. The van der Waals surface area contributed by atoms with Gasteiger partial charge in [0.05, 0.1) is 22.3 Å². The molecule has 5 nitrogen and oxygen atoms in total. The highest BCUT2D eigenvalue weighted by Gasteiger charge is 2.17. The molecule has 1 aromatic heterocycles. The molecule has 1 amide bonds. The van der Waals surface area contributed by atoms with Crippen molar-refractivity contribution in [2.45, 2.75) is 5.16 Å². The Hall–Kier alpha value is -3.59. The fourth-order valence-electron chi connectivity index (χ4n) is 3.01. The van der Waals surface area contributed by atoms with Crippen molar-refractivity contribution in [3.63, 3.8) is 0 Å². The van der Waals surface area contributed by atoms with Crippen molar-refractivity contribution in [1.29, 1.82) is 0 Å². The normalized spacial score (nSPS) is 10.9. The van der Waals surface area contributed by atoms with Crippen molar-refractivity contribution < 1.29 is 18.0 Å². The summed E-state index contributed by atoms with van der Waals surface area (Å²) >= 11 is 0.901. The maximum Gasteiger partial charge on any atom is 0.266 e. The number of amides is 1. The molecule has 1 N–H and O–H groups in total. The number of anilines is 1. The molecule has 0 aliphatic rings. The average Bonchev–Trinajstić information content (AvgIpc) is 2.72. The predicted octanol–water partition coefficient (Wildman–Crippen LogP) is 4.53. The molecular formula is C22H14F3N3O2S. The number of thioether (sulfide) groups is 1. The average molecular weight is 441 g/mol. The molecule has 9 heteroatoms. The number of hydrogen-bond acceptors (Lipinski definition) is 4. The SMILES string of the molecule is O=C(CSc1nc2ccccc2c(=O)n1-c1ccccc1F)Nc1cc(F)cc(F)c1. The fraction of sp³-hybridized carbons (Fsp3) is 0.0455. The van der Waals surface area contributed by atoms with Crippen molar-refractivity contribution in [3.8, 4) is 5.69 Å². The van der Waals surface area contributed by atoms with Crippen LogP contribution in [0.3, 0.4) is 0 Å². The second kappa shape index (κ2) is 8.65. The van der Waals surface area contributed by atoms with E-state index in [-0.39, 0.29) is 22.3 Å². The van der Waals surface area contributed by atoms with Crippen LogP contribution in [0.5, 0.6) is 0 Å². The number of carbonyl (C=O) groups is 1. The van der Waals surface area contributed by atoms with E-state index in [0.29, 0.717) is 17.0 Å². The second-order valence-electron chi connectivity index (χ2n) is 6.50. The number of nitrogens with one attached hydrogen (secondary N) is 1. The summed E-state index contributed by atoms with van der Waals surface area (Å²) in [5, 5.41) is 2.79. The third-order valence-corrected chi connectivity index (χ3v) is 5.26. The van der Waals surface area contributed by atoms with Gasteiger partial charge in [0.15, 0.2) is 5.16 Å². The van der Waals surface area contributed by atoms with Gasteiger partial charge in [0.2, 0.25) is 5.91 Å². The molecular weight excluding hydrogens is 427 g/mol. The van der Waals surface area contributed by atoms with Gasteiger partial charge in [-0.15, -0.1) is 0 Å². The molecule has 4 rings (SSSR count). The molecule has 0 radical (unpaired) electrons. The lowest BCUT2D eigenvalue weighted by molar-refractivity contribution is -0.113. The third-order valence-electron chi connectivity index (χ3n) is 4.32. The highest BCUT2D eigenvalue weighted by atomic mass is 32.2. The second-order valence-corrected chi connectivity index (χ2v) is 7.44. The molecule has 4 aromatic rings. The van der Waals surface area contributed by atoms with Crippen LogP contribution in [0.2, 0.25) is 0 Å². The van der Waals surface area contributed by atoms with Crippen LogP contribution in [0.15, 0.2) is 76.7 Å². The number of carbonyl (C=O) groups excluding carboxylic acids is 1. The Kier molecular flexibility index (Phi) is 5.77. The van der Waals surface area contributed by atoms with E-state index in [2.05, 4.69) is 10.3 Å². The summed E-state index contributed by atoms with van der Waals surface area (Å²) in [5.74, 6) is -3.07. The van der Waals surface area contributed by atoms with E-state index in [1.165, 1.54) is 18.2 Å². The van der Waals surface area contributed by atoms with Gasteiger partial charge >= 0.3 is 0 Å². The molecule has 0 saturated carbocycles. The Morgan fingerprint density at radius 2 is 1.65 bits per heavy atom. The number of fused-ring (bicyclic) bond motifs is 1. The van der Waals surface area contributed by atoms with Crippen molar-refractivity contribution in [1.82, 2.24) is 9.55 Å². The van der Waals surface area contributed by atoms with Crippen molar-refractivity contribution in [3.05, 3.63) is 94.5 Å². The fourth-order valence-corrected chi connectivity index (χ4v) is 3.81. The number of benzene rings is 3. The van der Waals surface area contributed by atoms with E-state index in [1.54, 1.807) is 30.3 Å². The summed E-state index contributed by atoms with van der Waals surface area (Å²) in [6.07, 6.45) is 0. The van der Waals surface area contributed by atoms with Gasteiger partial charge in [0.25, 0.3) is 5.56 Å². The first-order chi connectivity index (χ1) is 14.9. The first-order valence-corrected chi connectivity index (χ1v) is 10.1. The van der Waals surface area contributed by atoms with Gasteiger partial charge in [0, 0.05) is 11.8 Å². The Balaban J connectivity index is 1.68. The van der Waals surface area contributed by atoms with Gasteiger partial charge in [-0.3, -0.25) is 14.2 Å². The highest BCUT2D eigenvalue weighted by molar-refractivity contribution is 7.99. The Morgan fingerprint density at radius 1 is 0.968 bits per heavy atom. The number of halogens is 3. The largest absolute Gasteiger partial charge is 0.325 e. The number of para-hydroxylation sites is 2. The van der Waals surface area contributed by atoms with E-state index >= 15 is 0 Å². The first kappa shape index (κ1) is 20.7. The van der Waals surface area contributed by atoms with Crippen LogP contribution in [-0.4, -0.2) is 21.2 Å². The molecule has 0 spiro atoms. The molecule has 0 fully saturated rings. The van der Waals surface area contributed by atoms with Gasteiger partial charge in [-0.1, -0.05) is 36.0 Å². The van der Waals surface area contributed by atoms with Gasteiger partial charge in [-0.2, -0.15) is 0 Å². The molecule has 0 aliphatic carbocycles. The molecule has 0 unspecified atom stereocenters. The van der Waals surface area contributed by atoms with Crippen LogP contribution in [0.1, 0.15) is 0 Å². The lowest BCUT2D eigenvalue weighted by Gasteiger charge is -2.14. The Bertz CT molecular complexity index is 1340. The summed E-state index contributed by atoms with van der Waals surface area (Å²) in [6, 6.07) is 15.0. The molecule has 3 aromatic carbocycles. The topological polar surface area (TPSA) is 64.0 Å². The molecule has 156 valence electrons. The minimum Gasteiger partial charge on any atom is -0.325 e. The third kappa shape index (κ3) is 4.46. The van der Waals surface area contributed by atoms with E-state index in [1.807, 2.05) is 0 Å². The molecule has 0 saturated heterocycles. The summed E-state index contributed by atoms with van der Waals surface area (Å²) in [4.78, 5) is 29.8. The zero-order valence-electron chi connectivity index (χ0n) is 15.8. The van der Waals surface area contributed by atoms with Gasteiger partial charge in [0.1, 0.15) is 17.5 Å². The lowest BCUT2D eigenvalue weighted by Crippen LogP contribution is -2.23. The minimum atomic E-state index is -0.826. The smallest absolute Gasteiger partial charge is 0.266 e. The highest BCUT2D eigenvalue weighted by Crippen LogP contribution is 2.23. The van der Waals surface area contributed by atoms with Crippen LogP contribution in [0, 0.1) is 17.5 Å². The van der Waals surface area contributed by atoms with Crippen molar-refractivity contribution in [2.75, 3.05) is 11.1 Å². The molecule has 1 heterocycles. The quantitative estimate of drug-likeness (QED) is 0.365. The van der Waals surface area contributed by atoms with Crippen LogP contribution in [0.25, 0.3) is 16.6 Å². The van der Waals surface area contributed by atoms with Crippen LogP contribution in [0.4, 0.5) is 18.9 Å². The molecule has 0 atom stereocenters. The zero-order valence-corrected chi connectivity index (χ0v) is 16.6. The van der Waals surface area contributed by atoms with Gasteiger partial charge in [-0.25, -0.2) is 18.2 Å². The molecule has 0 bridgehead atoms. The standard InChI is InChI=1S/C22H14F3N3O2S/c23-13-9-14(24)11-15(10-13)26-20(29)12-31-22-27-18-7-3-1-5-16(18)21(30)28(22)19-8-4-2-6-17(19)25/h1-11H,12H2,(H,26,29). The van der Waals surface area contributed by atoms with Crippen molar-refractivity contribution >= 4 is 34.3 Å². The first-order valence-electron chi connectivity index (χ1n) is 9.08. The van der Waals surface area contributed by atoms with E-state index < -0.39 is 28.9 Å². The van der Waals surface area contributed by atoms with Gasteiger partial charge < -0.3 is 5.32 Å². The lowest BCUT2D eigenvalue weighted by atomic mass is 10.2. The van der Waals surface area contributed by atoms with Crippen molar-refractivity contribution in [2.24, 2.45) is 0 Å². The monoisotopic (exact) mass is 441 g/mol. The van der Waals surface area contributed by atoms with E-state index in [4.69, 9.17) is 0 Å². The van der Waals surface area contributed by atoms with Gasteiger partial charge in [-0.05, 0) is 36.4 Å². The number of aromatic nitrogens is 2.